The standard InChI is InChI=1S/C14H15N3O2/c1-10-4-2-5-11(8-10)9-17-7-3-6-12(14(17)18)13(15)16-19/h2-8,19H,9H2,1H3,(H2,15,16). The number of aromatic nitrogens is 1. The zero-order valence-electron chi connectivity index (χ0n) is 10.6. The van der Waals surface area contributed by atoms with E-state index in [1.807, 2.05) is 31.2 Å². The third kappa shape index (κ3) is 2.82. The molecule has 0 aliphatic rings. The number of aryl methyl sites for hydroxylation is 1. The number of nitrogens with zero attached hydrogens (tertiary/aromatic N) is 2. The minimum Gasteiger partial charge on any atom is -0.409 e. The van der Waals surface area contributed by atoms with Gasteiger partial charge in [-0.15, -0.1) is 0 Å². The largest absolute Gasteiger partial charge is 0.409 e. The van der Waals surface area contributed by atoms with Gasteiger partial charge < -0.3 is 15.5 Å². The number of hydrogen-bond donors (Lipinski definition) is 2. The van der Waals surface area contributed by atoms with E-state index in [0.29, 0.717) is 6.54 Å². The summed E-state index contributed by atoms with van der Waals surface area (Å²) in [7, 11) is 0. The summed E-state index contributed by atoms with van der Waals surface area (Å²) >= 11 is 0. The molecule has 1 aromatic heterocycles. The highest BCUT2D eigenvalue weighted by atomic mass is 16.4. The lowest BCUT2D eigenvalue weighted by atomic mass is 10.1. The summed E-state index contributed by atoms with van der Waals surface area (Å²) in [4.78, 5) is 12.1. The average Bonchev–Trinajstić information content (AvgIpc) is 2.40. The van der Waals surface area contributed by atoms with Crippen LogP contribution in [0.1, 0.15) is 16.7 Å². The van der Waals surface area contributed by atoms with Crippen LogP contribution in [-0.4, -0.2) is 15.6 Å². The van der Waals surface area contributed by atoms with E-state index in [1.54, 1.807) is 12.3 Å². The SMILES string of the molecule is Cc1cccc(Cn2cccc(/C(N)=N/O)c2=O)c1. The van der Waals surface area contributed by atoms with Crippen LogP contribution in [0.2, 0.25) is 0 Å². The number of pyridine rings is 1. The maximum Gasteiger partial charge on any atom is 0.261 e. The van der Waals surface area contributed by atoms with Gasteiger partial charge in [-0.3, -0.25) is 4.79 Å². The van der Waals surface area contributed by atoms with E-state index in [-0.39, 0.29) is 17.0 Å². The van der Waals surface area contributed by atoms with Crippen molar-refractivity contribution in [3.8, 4) is 0 Å². The van der Waals surface area contributed by atoms with E-state index < -0.39 is 0 Å². The van der Waals surface area contributed by atoms with Crippen molar-refractivity contribution in [2.24, 2.45) is 10.9 Å². The molecule has 3 N–H and O–H groups in total. The molecule has 0 aliphatic heterocycles. The third-order valence-corrected chi connectivity index (χ3v) is 2.84. The Balaban J connectivity index is 2.39. The zero-order chi connectivity index (χ0) is 13.8. The Morgan fingerprint density at radius 3 is 2.84 bits per heavy atom. The summed E-state index contributed by atoms with van der Waals surface area (Å²) in [5.74, 6) is -0.177. The maximum absolute atomic E-state index is 12.1. The fourth-order valence-electron chi connectivity index (χ4n) is 1.92. The van der Waals surface area contributed by atoms with Gasteiger partial charge in [0.25, 0.3) is 5.56 Å². The molecule has 5 heteroatoms. The molecule has 2 rings (SSSR count). The van der Waals surface area contributed by atoms with E-state index in [2.05, 4.69) is 5.16 Å². The van der Waals surface area contributed by atoms with Crippen molar-refractivity contribution in [1.82, 2.24) is 4.57 Å². The summed E-state index contributed by atoms with van der Waals surface area (Å²) < 4.78 is 1.53. The summed E-state index contributed by atoms with van der Waals surface area (Å²) in [5.41, 5.74) is 7.55. The van der Waals surface area contributed by atoms with Crippen molar-refractivity contribution in [2.45, 2.75) is 13.5 Å². The predicted octanol–water partition coefficient (Wildman–Crippen LogP) is 1.30. The first-order valence-corrected chi connectivity index (χ1v) is 5.84. The van der Waals surface area contributed by atoms with Crippen LogP contribution in [0.15, 0.2) is 52.5 Å². The number of rotatable bonds is 3. The van der Waals surface area contributed by atoms with Crippen molar-refractivity contribution in [2.75, 3.05) is 0 Å². The Morgan fingerprint density at radius 1 is 1.37 bits per heavy atom. The molecule has 0 saturated heterocycles. The molecule has 19 heavy (non-hydrogen) atoms. The zero-order valence-corrected chi connectivity index (χ0v) is 10.6. The molecule has 98 valence electrons. The van der Waals surface area contributed by atoms with Gasteiger partial charge in [-0.1, -0.05) is 35.0 Å². The number of hydrogen-bond acceptors (Lipinski definition) is 3. The van der Waals surface area contributed by atoms with Crippen LogP contribution < -0.4 is 11.3 Å². The van der Waals surface area contributed by atoms with Gasteiger partial charge in [-0.05, 0) is 24.6 Å². The normalized spacial score (nSPS) is 11.5. The Labute approximate surface area is 110 Å². The summed E-state index contributed by atoms with van der Waals surface area (Å²) in [6.07, 6.45) is 1.68. The fourth-order valence-corrected chi connectivity index (χ4v) is 1.92. The minimum atomic E-state index is -0.278. The van der Waals surface area contributed by atoms with E-state index in [0.717, 1.165) is 11.1 Å². The lowest BCUT2D eigenvalue weighted by molar-refractivity contribution is 0.318. The quantitative estimate of drug-likeness (QED) is 0.376. The van der Waals surface area contributed by atoms with Crippen molar-refractivity contribution in [3.63, 3.8) is 0 Å². The van der Waals surface area contributed by atoms with Crippen molar-refractivity contribution < 1.29 is 5.21 Å². The number of oxime groups is 1. The van der Waals surface area contributed by atoms with Gasteiger partial charge in [0, 0.05) is 6.20 Å². The van der Waals surface area contributed by atoms with Gasteiger partial charge in [-0.25, -0.2) is 0 Å². The van der Waals surface area contributed by atoms with Crippen LogP contribution in [0.3, 0.4) is 0 Å². The molecule has 5 nitrogen and oxygen atoms in total. The van der Waals surface area contributed by atoms with Gasteiger partial charge in [-0.2, -0.15) is 0 Å². The maximum atomic E-state index is 12.1. The average molecular weight is 257 g/mol. The fraction of sp³-hybridized carbons (Fsp3) is 0.143. The molecule has 0 saturated carbocycles. The van der Waals surface area contributed by atoms with Gasteiger partial charge in [0.1, 0.15) is 0 Å². The van der Waals surface area contributed by atoms with Crippen LogP contribution in [0, 0.1) is 6.92 Å². The molecule has 1 aromatic carbocycles. The molecule has 0 atom stereocenters. The molecular formula is C14H15N3O2. The molecule has 0 bridgehead atoms. The number of nitrogens with two attached hydrogens (primary N) is 1. The molecule has 2 aromatic rings. The highest BCUT2D eigenvalue weighted by Gasteiger charge is 2.07. The first kappa shape index (κ1) is 12.9. The first-order chi connectivity index (χ1) is 9.11. The second kappa shape index (κ2) is 5.39. The van der Waals surface area contributed by atoms with E-state index in [4.69, 9.17) is 10.9 Å². The second-order valence-corrected chi connectivity index (χ2v) is 4.33. The molecule has 0 spiro atoms. The van der Waals surface area contributed by atoms with Crippen LogP contribution >= 0.6 is 0 Å². The van der Waals surface area contributed by atoms with E-state index >= 15 is 0 Å². The Morgan fingerprint density at radius 2 is 2.16 bits per heavy atom. The topological polar surface area (TPSA) is 80.6 Å². The lowest BCUT2D eigenvalue weighted by Gasteiger charge is -2.08. The van der Waals surface area contributed by atoms with Crippen molar-refractivity contribution in [1.29, 1.82) is 0 Å². The number of amidine groups is 1. The highest BCUT2D eigenvalue weighted by Crippen LogP contribution is 2.05. The van der Waals surface area contributed by atoms with Crippen LogP contribution in [0.5, 0.6) is 0 Å². The monoisotopic (exact) mass is 257 g/mol. The summed E-state index contributed by atoms with van der Waals surface area (Å²) in [6.45, 7) is 2.45. The van der Waals surface area contributed by atoms with Crippen molar-refractivity contribution in [3.05, 3.63) is 69.6 Å². The van der Waals surface area contributed by atoms with Crippen LogP contribution in [0.25, 0.3) is 0 Å². The Kier molecular flexibility index (Phi) is 3.66. The number of benzene rings is 1. The van der Waals surface area contributed by atoms with Gasteiger partial charge >= 0.3 is 0 Å². The first-order valence-electron chi connectivity index (χ1n) is 5.84. The van der Waals surface area contributed by atoms with Crippen LogP contribution in [-0.2, 0) is 6.54 Å². The van der Waals surface area contributed by atoms with E-state index in [1.165, 1.54) is 10.6 Å². The lowest BCUT2D eigenvalue weighted by Crippen LogP contribution is -2.29. The minimum absolute atomic E-state index is 0.177. The third-order valence-electron chi connectivity index (χ3n) is 2.84. The molecule has 0 amide bonds. The summed E-state index contributed by atoms with van der Waals surface area (Å²) in [6, 6.07) is 11.1. The molecule has 0 aliphatic carbocycles. The molecular weight excluding hydrogens is 242 g/mol. The molecule has 0 unspecified atom stereocenters. The van der Waals surface area contributed by atoms with Gasteiger partial charge in [0.15, 0.2) is 5.84 Å². The summed E-state index contributed by atoms with van der Waals surface area (Å²) in [5, 5.41) is 11.5. The molecule has 1 heterocycles. The Hall–Kier alpha value is -2.56. The van der Waals surface area contributed by atoms with Gasteiger partial charge in [0.05, 0.1) is 12.1 Å². The highest BCUT2D eigenvalue weighted by molar-refractivity contribution is 5.96. The Bertz CT molecular complexity index is 674. The smallest absolute Gasteiger partial charge is 0.261 e. The second-order valence-electron chi connectivity index (χ2n) is 4.33. The van der Waals surface area contributed by atoms with Crippen molar-refractivity contribution >= 4 is 5.84 Å². The molecule has 0 fully saturated rings. The van der Waals surface area contributed by atoms with E-state index in [9.17, 15) is 4.79 Å². The predicted molar refractivity (Wildman–Crippen MR) is 73.5 cm³/mol. The van der Waals surface area contributed by atoms with Gasteiger partial charge in [0.2, 0.25) is 0 Å². The molecule has 0 radical (unpaired) electrons. The van der Waals surface area contributed by atoms with Crippen LogP contribution in [0.4, 0.5) is 0 Å².